The van der Waals surface area contributed by atoms with Crippen molar-refractivity contribution in [2.45, 2.75) is 24.1 Å². The maximum absolute atomic E-state index is 13.9. The van der Waals surface area contributed by atoms with Crippen molar-refractivity contribution in [2.24, 2.45) is 5.16 Å². The molecular formula is C37H31N5O8S2. The number of esters is 2. The van der Waals surface area contributed by atoms with Crippen LogP contribution in [-0.2, 0) is 44.9 Å². The van der Waals surface area contributed by atoms with Crippen LogP contribution in [0.1, 0.15) is 28.5 Å². The molecular weight excluding hydrogens is 707 g/mol. The molecule has 4 aromatic rings. The number of carbonyl (C=O) groups is 5. The van der Waals surface area contributed by atoms with Crippen molar-refractivity contribution in [3.05, 3.63) is 143 Å². The number of benzene rings is 3. The first-order valence-corrected chi connectivity index (χ1v) is 17.8. The lowest BCUT2D eigenvalue weighted by Gasteiger charge is -2.49. The first-order valence-electron chi connectivity index (χ1n) is 15.9. The van der Waals surface area contributed by atoms with Crippen LogP contribution in [0.25, 0.3) is 0 Å². The fourth-order valence-electron chi connectivity index (χ4n) is 5.38. The number of carbonyl (C=O) groups excluding carboxylic acids is 5. The van der Waals surface area contributed by atoms with E-state index in [1.165, 1.54) is 28.1 Å². The molecule has 13 nitrogen and oxygen atoms in total. The number of nitrogens with one attached hydrogen (secondary N) is 2. The van der Waals surface area contributed by atoms with E-state index in [2.05, 4.69) is 27.4 Å². The number of ether oxygens (including phenoxy) is 2. The Bertz CT molecular complexity index is 1980. The third-order valence-electron chi connectivity index (χ3n) is 7.88. The van der Waals surface area contributed by atoms with Gasteiger partial charge < -0.3 is 24.9 Å². The Balaban J connectivity index is 1.17. The smallest absolute Gasteiger partial charge is 0.356 e. The zero-order chi connectivity index (χ0) is 36.5. The Labute approximate surface area is 306 Å². The molecule has 15 heteroatoms. The summed E-state index contributed by atoms with van der Waals surface area (Å²) in [5.41, 5.74) is 2.49. The normalized spacial score (nSPS) is 16.7. The van der Waals surface area contributed by atoms with Gasteiger partial charge in [0.2, 0.25) is 13.0 Å². The van der Waals surface area contributed by atoms with E-state index in [0.29, 0.717) is 17.7 Å². The molecule has 1 saturated heterocycles. The van der Waals surface area contributed by atoms with E-state index in [-0.39, 0.29) is 28.8 Å². The Morgan fingerprint density at radius 1 is 1.00 bits per heavy atom. The summed E-state index contributed by atoms with van der Waals surface area (Å²) in [6.07, 6.45) is 1.19. The van der Waals surface area contributed by atoms with E-state index in [0.717, 1.165) is 28.0 Å². The number of thiazole rings is 1. The number of thioether (sulfide) groups is 1. The van der Waals surface area contributed by atoms with E-state index < -0.39 is 47.9 Å². The molecule has 2 atom stereocenters. The van der Waals surface area contributed by atoms with Gasteiger partial charge in [0.05, 0.1) is 0 Å². The molecule has 2 N–H and O–H groups in total. The van der Waals surface area contributed by atoms with Crippen molar-refractivity contribution < 1.29 is 38.3 Å². The Kier molecular flexibility index (Phi) is 11.5. The van der Waals surface area contributed by atoms with E-state index in [1.54, 1.807) is 12.1 Å². The van der Waals surface area contributed by atoms with Gasteiger partial charge in [0.15, 0.2) is 16.9 Å². The SMILES string of the molecule is C=CC1=C(C(=O)OC(c2ccccc2)c2ccccc2)N2C(=O)C(NC(=O)C(=NOCC(=O)OCc3ccccc3)c3csc(NC=O)n3)[C@H]2SC1. The first kappa shape index (κ1) is 35.8. The molecule has 6 rings (SSSR count). The highest BCUT2D eigenvalue weighted by Crippen LogP contribution is 2.42. The molecule has 3 aromatic carbocycles. The second-order valence-electron chi connectivity index (χ2n) is 11.2. The number of hydrogen-bond acceptors (Lipinski definition) is 12. The summed E-state index contributed by atoms with van der Waals surface area (Å²) in [5.74, 6) is -2.53. The van der Waals surface area contributed by atoms with Crippen LogP contribution in [0.3, 0.4) is 0 Å². The summed E-state index contributed by atoms with van der Waals surface area (Å²) in [6, 6.07) is 26.5. The molecule has 52 heavy (non-hydrogen) atoms. The van der Waals surface area contributed by atoms with E-state index >= 15 is 0 Å². The van der Waals surface area contributed by atoms with Gasteiger partial charge in [0.1, 0.15) is 29.4 Å². The van der Waals surface area contributed by atoms with Gasteiger partial charge in [-0.3, -0.25) is 19.3 Å². The van der Waals surface area contributed by atoms with Crippen LogP contribution in [0.4, 0.5) is 5.13 Å². The Hall–Kier alpha value is -6.06. The summed E-state index contributed by atoms with van der Waals surface area (Å²) in [4.78, 5) is 75.2. The van der Waals surface area contributed by atoms with Crippen LogP contribution in [-0.4, -0.2) is 69.5 Å². The molecule has 0 bridgehead atoms. The largest absolute Gasteiger partial charge is 0.458 e. The lowest BCUT2D eigenvalue weighted by Crippen LogP contribution is -2.71. The van der Waals surface area contributed by atoms with Gasteiger partial charge in [-0.25, -0.2) is 14.6 Å². The predicted octanol–water partition coefficient (Wildman–Crippen LogP) is 4.35. The highest BCUT2D eigenvalue weighted by Gasteiger charge is 2.54. The lowest BCUT2D eigenvalue weighted by atomic mass is 10.0. The third kappa shape index (κ3) is 8.11. The van der Waals surface area contributed by atoms with Gasteiger partial charge >= 0.3 is 11.9 Å². The molecule has 264 valence electrons. The molecule has 0 spiro atoms. The van der Waals surface area contributed by atoms with Gasteiger partial charge in [-0.05, 0) is 22.3 Å². The number of aromatic nitrogens is 1. The van der Waals surface area contributed by atoms with Crippen LogP contribution < -0.4 is 10.6 Å². The minimum absolute atomic E-state index is 0.0168. The number of oxime groups is 1. The molecule has 2 aliphatic rings. The van der Waals surface area contributed by atoms with E-state index in [1.807, 2.05) is 78.9 Å². The highest BCUT2D eigenvalue weighted by molar-refractivity contribution is 8.00. The van der Waals surface area contributed by atoms with E-state index in [9.17, 15) is 24.0 Å². The lowest BCUT2D eigenvalue weighted by molar-refractivity contribution is -0.154. The standard InChI is InChI=1S/C37H31N5O8S2/c1-2-24-20-51-35-30(34(46)42(35)31(24)36(47)50-32(25-14-8-4-9-15-25)26-16-10-5-11-17-26)40-33(45)29(27-21-52-37(39-27)38-22-43)41-49-19-28(44)48-18-23-12-6-3-7-13-23/h2-17,21-22,30,32,35H,1,18-20H2,(H,40,45)(H,38,39,43)/t30?,35-/m1/s1. The topological polar surface area (TPSA) is 166 Å². The first-order chi connectivity index (χ1) is 25.4. The van der Waals surface area contributed by atoms with Gasteiger partial charge in [0, 0.05) is 11.1 Å². The number of anilines is 1. The maximum Gasteiger partial charge on any atom is 0.356 e. The molecule has 2 aliphatic heterocycles. The number of fused-ring (bicyclic) bond motifs is 1. The van der Waals surface area contributed by atoms with Crippen molar-refractivity contribution in [1.82, 2.24) is 15.2 Å². The molecule has 1 fully saturated rings. The van der Waals surface area contributed by atoms with Gasteiger partial charge in [0.25, 0.3) is 11.8 Å². The summed E-state index contributed by atoms with van der Waals surface area (Å²) < 4.78 is 11.3. The summed E-state index contributed by atoms with van der Waals surface area (Å²) in [7, 11) is 0. The monoisotopic (exact) mass is 737 g/mol. The van der Waals surface area contributed by atoms with Crippen molar-refractivity contribution in [3.63, 3.8) is 0 Å². The number of β-lactam (4-membered cyclic amide) rings is 1. The maximum atomic E-state index is 13.9. The van der Waals surface area contributed by atoms with Crippen LogP contribution >= 0.6 is 23.1 Å². The highest BCUT2D eigenvalue weighted by atomic mass is 32.2. The van der Waals surface area contributed by atoms with Gasteiger partial charge in [-0.15, -0.1) is 23.1 Å². The minimum atomic E-state index is -1.06. The minimum Gasteiger partial charge on any atom is -0.458 e. The average Bonchev–Trinajstić information content (AvgIpc) is 3.65. The Morgan fingerprint density at radius 3 is 2.29 bits per heavy atom. The van der Waals surface area contributed by atoms with Gasteiger partial charge in [-0.1, -0.05) is 109 Å². The Morgan fingerprint density at radius 2 is 1.65 bits per heavy atom. The molecule has 1 aromatic heterocycles. The van der Waals surface area contributed by atoms with Crippen molar-refractivity contribution in [2.75, 3.05) is 17.7 Å². The fraction of sp³-hybridized carbons (Fsp3) is 0.162. The van der Waals surface area contributed by atoms with Crippen LogP contribution in [0.15, 0.2) is 125 Å². The fourth-order valence-corrected chi connectivity index (χ4v) is 7.37. The van der Waals surface area contributed by atoms with Crippen LogP contribution in [0.2, 0.25) is 0 Å². The number of allylic oxidation sites excluding steroid dienone is 1. The zero-order valence-electron chi connectivity index (χ0n) is 27.4. The second-order valence-corrected chi connectivity index (χ2v) is 13.2. The number of hydrogen-bond donors (Lipinski definition) is 2. The summed E-state index contributed by atoms with van der Waals surface area (Å²) in [5, 5.41) is 9.91. The average molecular weight is 738 g/mol. The van der Waals surface area contributed by atoms with Crippen molar-refractivity contribution in [3.8, 4) is 0 Å². The number of nitrogens with zero attached hydrogens (tertiary/aromatic N) is 3. The van der Waals surface area contributed by atoms with E-state index in [4.69, 9.17) is 14.3 Å². The van der Waals surface area contributed by atoms with Crippen molar-refractivity contribution >= 4 is 64.1 Å². The molecule has 0 saturated carbocycles. The summed E-state index contributed by atoms with van der Waals surface area (Å²) in [6.45, 7) is 3.25. The molecule has 3 amide bonds. The summed E-state index contributed by atoms with van der Waals surface area (Å²) >= 11 is 2.36. The predicted molar refractivity (Wildman–Crippen MR) is 194 cm³/mol. The second kappa shape index (κ2) is 16.8. The van der Waals surface area contributed by atoms with Crippen LogP contribution in [0.5, 0.6) is 0 Å². The molecule has 0 radical (unpaired) electrons. The molecule has 3 heterocycles. The van der Waals surface area contributed by atoms with Gasteiger partial charge in [-0.2, -0.15) is 0 Å². The van der Waals surface area contributed by atoms with Crippen LogP contribution in [0, 0.1) is 0 Å². The number of rotatable bonds is 15. The zero-order valence-corrected chi connectivity index (χ0v) is 29.0. The molecule has 1 unspecified atom stereocenters. The number of amides is 3. The third-order valence-corrected chi connectivity index (χ3v) is 9.95. The molecule has 0 aliphatic carbocycles. The van der Waals surface area contributed by atoms with Crippen molar-refractivity contribution in [1.29, 1.82) is 0 Å². The quantitative estimate of drug-likeness (QED) is 0.0589.